The fraction of sp³-hybridized carbons (Fsp3) is 0. The molecular weight excluding hydrogens is 1030 g/mol. The first-order valence-corrected chi connectivity index (χ1v) is 31.3. The second-order valence-corrected chi connectivity index (χ2v) is 28.3. The fourth-order valence-corrected chi connectivity index (χ4v) is 21.7. The predicted molar refractivity (Wildman–Crippen MR) is 326 cm³/mol. The van der Waals surface area contributed by atoms with Gasteiger partial charge in [0.25, 0.3) is 0 Å². The van der Waals surface area contributed by atoms with E-state index in [4.69, 9.17) is 0 Å². The van der Waals surface area contributed by atoms with Gasteiger partial charge in [0.1, 0.15) is 0 Å². The van der Waals surface area contributed by atoms with Gasteiger partial charge in [-0.15, -0.1) is 0 Å². The number of hydrogen-bond donors (Lipinski definition) is 0. The summed E-state index contributed by atoms with van der Waals surface area (Å²) < 4.78 is 54.0. The summed E-state index contributed by atoms with van der Waals surface area (Å²) in [6.45, 7) is 0. The van der Waals surface area contributed by atoms with Crippen molar-refractivity contribution in [1.29, 1.82) is 0 Å². The zero-order chi connectivity index (χ0) is 52.9. The molecule has 0 saturated carbocycles. The monoisotopic (exact) mass is 1070 g/mol. The van der Waals surface area contributed by atoms with Crippen LogP contribution in [0.4, 0.5) is 17.1 Å². The molecule has 3 aromatic heterocycles. The quantitative estimate of drug-likeness (QED) is 0.133. The predicted octanol–water partition coefficient (Wildman–Crippen LogP) is 13.2. The Bertz CT molecular complexity index is 4030. The number of aromatic nitrogens is 3. The number of rotatable bonds is 9. The molecule has 0 spiro atoms. The molecule has 6 heterocycles. The van der Waals surface area contributed by atoms with Gasteiger partial charge >= 0.3 is 0 Å². The van der Waals surface area contributed by atoms with E-state index in [1.165, 1.54) is 0 Å². The molecule has 10 heteroatoms. The van der Waals surface area contributed by atoms with Gasteiger partial charge in [0.05, 0.1) is 17.1 Å². The van der Waals surface area contributed by atoms with Gasteiger partial charge in [-0.2, -0.15) is 0 Å². The number of pyridine rings is 3. The number of anilines is 3. The molecular formula is C69H45N4O3P3. The molecule has 79 heavy (non-hydrogen) atoms. The van der Waals surface area contributed by atoms with E-state index in [9.17, 15) is 0 Å². The molecule has 15 rings (SSSR count). The van der Waals surface area contributed by atoms with E-state index in [0.717, 1.165) is 66.8 Å². The zero-order valence-electron chi connectivity index (χ0n) is 42.3. The van der Waals surface area contributed by atoms with Gasteiger partial charge in [-0.1, -0.05) is 146 Å². The number of hydrogen-bond acceptors (Lipinski definition) is 7. The second kappa shape index (κ2) is 18.3. The minimum atomic E-state index is -4.03. The summed E-state index contributed by atoms with van der Waals surface area (Å²) in [7, 11) is -12.1. The summed E-state index contributed by atoms with van der Waals surface area (Å²) in [4.78, 5) is 15.1. The van der Waals surface area contributed by atoms with Crippen molar-refractivity contribution in [2.24, 2.45) is 0 Å². The minimum Gasteiger partial charge on any atom is -0.308 e. The molecule has 0 aliphatic carbocycles. The van der Waals surface area contributed by atoms with Crippen LogP contribution in [0.15, 0.2) is 274 Å². The molecule has 0 unspecified atom stereocenters. The largest absolute Gasteiger partial charge is 0.308 e. The third kappa shape index (κ3) is 7.21. The lowest BCUT2D eigenvalue weighted by molar-refractivity contribution is 0.592. The van der Waals surface area contributed by atoms with Crippen LogP contribution in [0.3, 0.4) is 0 Å². The molecule has 0 radical (unpaired) electrons. The summed E-state index contributed by atoms with van der Waals surface area (Å²) in [5.41, 5.74) is 12.7. The van der Waals surface area contributed by atoms with Crippen LogP contribution in [0.25, 0.3) is 66.8 Å². The molecule has 3 aliphatic heterocycles. The van der Waals surface area contributed by atoms with Crippen LogP contribution in [-0.4, -0.2) is 15.0 Å². The van der Waals surface area contributed by atoms with Crippen molar-refractivity contribution in [3.05, 3.63) is 274 Å². The SMILES string of the molecule is O=P1(c2ccccc2)c2cc(-c3cccc(-c4ccncc4)c3)cc3c2N2c4c1cc(-c1cccc(-c5ccncc5)c1)cc4P(=O)(c1ccccc1)c1cc(-c4cccc(-c5ccncc5)c4)cc(c12)P3(=O)c1ccccc1. The van der Waals surface area contributed by atoms with Gasteiger partial charge in [-0.25, -0.2) is 0 Å². The van der Waals surface area contributed by atoms with E-state index < -0.39 is 21.4 Å². The van der Waals surface area contributed by atoms with Crippen LogP contribution in [-0.2, 0) is 13.7 Å². The number of nitrogens with zero attached hydrogens (tertiary/aromatic N) is 4. The van der Waals surface area contributed by atoms with Crippen LogP contribution in [0, 0.1) is 0 Å². The Morgan fingerprint density at radius 3 is 0.696 bits per heavy atom. The highest BCUT2D eigenvalue weighted by molar-refractivity contribution is 7.90. The Morgan fingerprint density at radius 2 is 0.456 bits per heavy atom. The van der Waals surface area contributed by atoms with E-state index in [0.29, 0.717) is 64.8 Å². The molecule has 0 fully saturated rings. The van der Waals surface area contributed by atoms with Gasteiger partial charge in [-0.3, -0.25) is 15.0 Å². The first kappa shape index (κ1) is 47.2. The maximum atomic E-state index is 18.0. The molecule has 0 atom stereocenters. The van der Waals surface area contributed by atoms with Crippen LogP contribution in [0.1, 0.15) is 0 Å². The lowest BCUT2D eigenvalue weighted by Gasteiger charge is -2.49. The molecule has 0 N–H and O–H groups in total. The molecule has 12 aromatic rings. The zero-order valence-corrected chi connectivity index (χ0v) is 45.0. The maximum Gasteiger partial charge on any atom is 0.175 e. The van der Waals surface area contributed by atoms with Crippen molar-refractivity contribution in [3.8, 4) is 66.8 Å². The topological polar surface area (TPSA) is 93.1 Å². The molecule has 0 saturated heterocycles. The van der Waals surface area contributed by atoms with E-state index >= 15 is 13.7 Å². The average Bonchev–Trinajstić information content (AvgIpc) is 1.13. The van der Waals surface area contributed by atoms with E-state index in [-0.39, 0.29) is 0 Å². The van der Waals surface area contributed by atoms with Crippen molar-refractivity contribution in [2.45, 2.75) is 0 Å². The normalized spacial score (nSPS) is 18.2. The second-order valence-electron chi connectivity index (χ2n) is 20.2. The lowest BCUT2D eigenvalue weighted by atomic mass is 9.97. The highest BCUT2D eigenvalue weighted by atomic mass is 31.2. The van der Waals surface area contributed by atoms with Gasteiger partial charge in [0, 0.05) is 84.9 Å². The molecule has 374 valence electrons. The minimum absolute atomic E-state index is 0.569. The summed E-state index contributed by atoms with van der Waals surface area (Å²) in [6.07, 6.45) is 10.7. The summed E-state index contributed by atoms with van der Waals surface area (Å²) in [5, 5.41) is 5.28. The van der Waals surface area contributed by atoms with Gasteiger partial charge in [0.2, 0.25) is 0 Å². The highest BCUT2D eigenvalue weighted by Gasteiger charge is 2.56. The highest BCUT2D eigenvalue weighted by Crippen LogP contribution is 2.66. The average molecular weight is 1070 g/mol. The number of benzene rings is 9. The summed E-state index contributed by atoms with van der Waals surface area (Å²) >= 11 is 0. The molecule has 0 amide bonds. The van der Waals surface area contributed by atoms with Crippen molar-refractivity contribution < 1.29 is 13.7 Å². The standard InChI is InChI=1S/C69H45N4O3P3/c74-77(58-19-4-1-5-20-58)61-40-55(52-16-10-13-49(37-52)46-25-31-70-32-26-46)42-63-67(61)73-68-62(77)41-56(53-17-11-14-50(38-53)47-27-33-71-34-28-47)43-64(68)79(76,60-23-8-3-9-24-60)66-45-57(54-18-12-15-51(39-54)48-29-35-72-36-30-48)44-65(69(66)73)78(63,75)59-21-6-2-7-22-59/h1-45H. The van der Waals surface area contributed by atoms with E-state index in [1.54, 1.807) is 37.2 Å². The third-order valence-corrected chi connectivity index (χ3v) is 25.1. The van der Waals surface area contributed by atoms with Crippen molar-refractivity contribution >= 4 is 86.2 Å². The first-order valence-electron chi connectivity index (χ1n) is 26.2. The third-order valence-electron chi connectivity index (χ3n) is 15.9. The first-order chi connectivity index (χ1) is 38.8. The van der Waals surface area contributed by atoms with E-state index in [2.05, 4.69) is 111 Å². The van der Waals surface area contributed by atoms with E-state index in [1.807, 2.05) is 146 Å². The van der Waals surface area contributed by atoms with Crippen LogP contribution < -0.4 is 52.6 Å². The smallest absolute Gasteiger partial charge is 0.175 e. The summed E-state index contributed by atoms with van der Waals surface area (Å²) in [5.74, 6) is 0. The Kier molecular flexibility index (Phi) is 10.9. The molecule has 9 aromatic carbocycles. The molecule has 0 bridgehead atoms. The molecule has 3 aliphatic rings. The van der Waals surface area contributed by atoms with Gasteiger partial charge in [-0.05, 0) is 158 Å². The van der Waals surface area contributed by atoms with Gasteiger partial charge < -0.3 is 18.6 Å². The van der Waals surface area contributed by atoms with Crippen LogP contribution in [0.2, 0.25) is 0 Å². The van der Waals surface area contributed by atoms with Crippen molar-refractivity contribution in [2.75, 3.05) is 4.90 Å². The Morgan fingerprint density at radius 1 is 0.228 bits per heavy atom. The summed E-state index contributed by atoms with van der Waals surface area (Å²) in [6, 6.07) is 78.6. The van der Waals surface area contributed by atoms with Crippen molar-refractivity contribution in [1.82, 2.24) is 15.0 Å². The fourth-order valence-electron chi connectivity index (χ4n) is 12.2. The Balaban J connectivity index is 1.12. The Hall–Kier alpha value is -9.08. The lowest BCUT2D eigenvalue weighted by Crippen LogP contribution is -2.53. The van der Waals surface area contributed by atoms with Crippen LogP contribution in [0.5, 0.6) is 0 Å². The van der Waals surface area contributed by atoms with Gasteiger partial charge in [0.15, 0.2) is 21.4 Å². The van der Waals surface area contributed by atoms with Crippen molar-refractivity contribution in [3.63, 3.8) is 0 Å². The molecule has 7 nitrogen and oxygen atoms in total. The maximum absolute atomic E-state index is 18.0. The van der Waals surface area contributed by atoms with Crippen LogP contribution >= 0.6 is 21.4 Å². The Labute approximate surface area is 457 Å².